The second kappa shape index (κ2) is 8.06. The van der Waals surface area contributed by atoms with E-state index in [-0.39, 0.29) is 18.8 Å². The number of hydrogen-bond donors (Lipinski definition) is 2. The van der Waals surface area contributed by atoms with Crippen molar-refractivity contribution >= 4 is 17.5 Å². The van der Waals surface area contributed by atoms with Crippen LogP contribution < -0.4 is 10.6 Å². The zero-order valence-electron chi connectivity index (χ0n) is 12.9. The maximum absolute atomic E-state index is 13.2. The molecule has 25 heavy (non-hydrogen) atoms. The molecule has 0 radical (unpaired) electrons. The third-order valence-electron chi connectivity index (χ3n) is 3.15. The first-order valence-corrected chi connectivity index (χ1v) is 7.20. The molecule has 0 aliphatic carbocycles. The highest BCUT2D eigenvalue weighted by atomic mass is 19.4. The Morgan fingerprint density at radius 1 is 1.16 bits per heavy atom. The Hall–Kier alpha value is -3.21. The molecular formula is C17H14F3N3O2. The summed E-state index contributed by atoms with van der Waals surface area (Å²) in [6.45, 7) is -0.195. The number of rotatable bonds is 5. The summed E-state index contributed by atoms with van der Waals surface area (Å²) in [5, 5.41) is 13.1. The van der Waals surface area contributed by atoms with E-state index in [9.17, 15) is 18.0 Å². The van der Waals surface area contributed by atoms with Gasteiger partial charge in [0, 0.05) is 5.69 Å². The van der Waals surface area contributed by atoms with Crippen molar-refractivity contribution in [1.82, 2.24) is 0 Å². The van der Waals surface area contributed by atoms with E-state index in [0.29, 0.717) is 5.56 Å². The number of benzene rings is 2. The van der Waals surface area contributed by atoms with Crippen molar-refractivity contribution in [2.75, 3.05) is 17.2 Å². The lowest BCUT2D eigenvalue weighted by molar-refractivity contribution is -0.136. The molecule has 130 valence electrons. The molecule has 5 nitrogen and oxygen atoms in total. The van der Waals surface area contributed by atoms with E-state index in [1.807, 2.05) is 0 Å². The van der Waals surface area contributed by atoms with E-state index in [2.05, 4.69) is 10.6 Å². The largest absolute Gasteiger partial charge is 0.444 e. The summed E-state index contributed by atoms with van der Waals surface area (Å²) in [6, 6.07) is 13.8. The van der Waals surface area contributed by atoms with Crippen LogP contribution in [0.4, 0.5) is 29.3 Å². The van der Waals surface area contributed by atoms with E-state index < -0.39 is 23.5 Å². The highest BCUT2D eigenvalue weighted by molar-refractivity contribution is 5.86. The summed E-state index contributed by atoms with van der Waals surface area (Å²) in [5.74, 6) is 0. The molecule has 0 bridgehead atoms. The Morgan fingerprint density at radius 2 is 1.88 bits per heavy atom. The first-order chi connectivity index (χ1) is 11.9. The minimum atomic E-state index is -4.67. The van der Waals surface area contributed by atoms with Gasteiger partial charge < -0.3 is 10.1 Å². The molecule has 2 rings (SSSR count). The lowest BCUT2D eigenvalue weighted by Crippen LogP contribution is -2.18. The fraction of sp³-hybridized carbons (Fsp3) is 0.176. The van der Waals surface area contributed by atoms with Crippen molar-refractivity contribution in [3.63, 3.8) is 0 Å². The maximum atomic E-state index is 13.2. The molecule has 2 N–H and O–H groups in total. The highest BCUT2D eigenvalue weighted by Crippen LogP contribution is 2.36. The van der Waals surface area contributed by atoms with Crippen molar-refractivity contribution in [3.05, 3.63) is 59.7 Å². The number of nitriles is 1. The summed E-state index contributed by atoms with van der Waals surface area (Å²) in [6.07, 6.45) is -5.67. The topological polar surface area (TPSA) is 74.2 Å². The van der Waals surface area contributed by atoms with Crippen LogP contribution in [-0.4, -0.2) is 12.6 Å². The second-order valence-electron chi connectivity index (χ2n) is 4.96. The molecule has 0 spiro atoms. The summed E-state index contributed by atoms with van der Waals surface area (Å²) < 4.78 is 44.4. The number of ether oxygens (including phenoxy) is 1. The summed E-state index contributed by atoms with van der Waals surface area (Å²) in [7, 11) is 0. The predicted molar refractivity (Wildman–Crippen MR) is 85.8 cm³/mol. The molecule has 0 heterocycles. The molecule has 0 aromatic heterocycles. The fourth-order valence-electron chi connectivity index (χ4n) is 2.01. The number of anilines is 2. The molecule has 2 aromatic rings. The number of nitrogens with zero attached hydrogens (tertiary/aromatic N) is 1. The number of halogens is 3. The lowest BCUT2D eigenvalue weighted by Gasteiger charge is -2.15. The normalized spacial score (nSPS) is 10.6. The maximum Gasteiger partial charge on any atom is 0.418 e. The van der Waals surface area contributed by atoms with Crippen molar-refractivity contribution in [2.45, 2.75) is 12.8 Å². The molecule has 0 aliphatic rings. The quantitative estimate of drug-likeness (QED) is 0.785. The van der Waals surface area contributed by atoms with Gasteiger partial charge in [-0.25, -0.2) is 4.79 Å². The monoisotopic (exact) mass is 349 g/mol. The Morgan fingerprint density at radius 3 is 2.52 bits per heavy atom. The Bertz CT molecular complexity index is 771. The minimum Gasteiger partial charge on any atom is -0.444 e. The summed E-state index contributed by atoms with van der Waals surface area (Å²) in [5.41, 5.74) is -0.623. The molecule has 2 aromatic carbocycles. The smallest absolute Gasteiger partial charge is 0.418 e. The van der Waals surface area contributed by atoms with Gasteiger partial charge in [-0.15, -0.1) is 0 Å². The van der Waals surface area contributed by atoms with E-state index in [0.717, 1.165) is 12.1 Å². The predicted octanol–water partition coefficient (Wildman–Crippen LogP) is 4.39. The van der Waals surface area contributed by atoms with Crippen LogP contribution in [0.1, 0.15) is 11.1 Å². The molecule has 0 fully saturated rings. The molecule has 1 amide bonds. The third-order valence-corrected chi connectivity index (χ3v) is 3.15. The van der Waals surface area contributed by atoms with Gasteiger partial charge in [-0.1, -0.05) is 30.3 Å². The van der Waals surface area contributed by atoms with Crippen LogP contribution in [-0.2, 0) is 17.5 Å². The van der Waals surface area contributed by atoms with E-state index >= 15 is 0 Å². The molecule has 0 atom stereocenters. The van der Waals surface area contributed by atoms with Gasteiger partial charge in [0.2, 0.25) is 0 Å². The standard InChI is InChI=1S/C17H14F3N3O2/c18-17(19,20)14-10-13(22-9-8-21)6-7-15(14)23-16(24)25-11-12-4-2-1-3-5-12/h1-7,10,22H,9,11H2,(H,23,24). The number of hydrogen-bond acceptors (Lipinski definition) is 4. The number of amides is 1. The van der Waals surface area contributed by atoms with Crippen LogP contribution in [0.2, 0.25) is 0 Å². The van der Waals surface area contributed by atoms with Gasteiger partial charge >= 0.3 is 12.3 Å². The van der Waals surface area contributed by atoms with Crippen LogP contribution >= 0.6 is 0 Å². The van der Waals surface area contributed by atoms with Gasteiger partial charge in [0.05, 0.1) is 17.3 Å². The zero-order valence-corrected chi connectivity index (χ0v) is 12.9. The average Bonchev–Trinajstić information content (AvgIpc) is 2.59. The molecule has 0 unspecified atom stereocenters. The summed E-state index contributed by atoms with van der Waals surface area (Å²) >= 11 is 0. The van der Waals surface area contributed by atoms with Crippen LogP contribution in [0.15, 0.2) is 48.5 Å². The van der Waals surface area contributed by atoms with Crippen molar-refractivity contribution in [1.29, 1.82) is 5.26 Å². The highest BCUT2D eigenvalue weighted by Gasteiger charge is 2.34. The van der Waals surface area contributed by atoms with Gasteiger partial charge in [0.1, 0.15) is 13.2 Å². The summed E-state index contributed by atoms with van der Waals surface area (Å²) in [4.78, 5) is 11.8. The van der Waals surface area contributed by atoms with Crippen molar-refractivity contribution < 1.29 is 22.7 Å². The van der Waals surface area contributed by atoms with Gasteiger partial charge in [-0.05, 0) is 23.8 Å². The first-order valence-electron chi connectivity index (χ1n) is 7.20. The molecule has 0 saturated heterocycles. The van der Waals surface area contributed by atoms with E-state index in [1.54, 1.807) is 36.4 Å². The van der Waals surface area contributed by atoms with Gasteiger partial charge in [-0.3, -0.25) is 5.32 Å². The number of carbonyl (C=O) groups excluding carboxylic acids is 1. The van der Waals surface area contributed by atoms with Crippen molar-refractivity contribution in [2.24, 2.45) is 0 Å². The van der Waals surface area contributed by atoms with E-state index in [1.165, 1.54) is 6.07 Å². The number of carbonyl (C=O) groups is 1. The Labute approximate surface area is 142 Å². The zero-order chi connectivity index (χ0) is 18.3. The van der Waals surface area contributed by atoms with Gasteiger partial charge in [0.15, 0.2) is 0 Å². The molecule has 0 aliphatic heterocycles. The number of nitrogens with one attached hydrogen (secondary N) is 2. The van der Waals surface area contributed by atoms with Crippen LogP contribution in [0.3, 0.4) is 0 Å². The molecular weight excluding hydrogens is 335 g/mol. The minimum absolute atomic E-state index is 0.0597. The lowest BCUT2D eigenvalue weighted by atomic mass is 10.1. The Kier molecular flexibility index (Phi) is 5.84. The molecule has 0 saturated carbocycles. The second-order valence-corrected chi connectivity index (χ2v) is 4.96. The average molecular weight is 349 g/mol. The third kappa shape index (κ3) is 5.42. The van der Waals surface area contributed by atoms with Gasteiger partial charge in [0.25, 0.3) is 0 Å². The van der Waals surface area contributed by atoms with Crippen LogP contribution in [0, 0.1) is 11.3 Å². The fourth-order valence-corrected chi connectivity index (χ4v) is 2.01. The van der Waals surface area contributed by atoms with Crippen LogP contribution in [0.25, 0.3) is 0 Å². The SMILES string of the molecule is N#CCNc1ccc(NC(=O)OCc2ccccc2)c(C(F)(F)F)c1. The van der Waals surface area contributed by atoms with E-state index in [4.69, 9.17) is 10.00 Å². The van der Waals surface area contributed by atoms with Crippen LogP contribution in [0.5, 0.6) is 0 Å². The first kappa shape index (κ1) is 18.1. The number of alkyl halides is 3. The van der Waals surface area contributed by atoms with Gasteiger partial charge in [-0.2, -0.15) is 18.4 Å². The molecule has 8 heteroatoms. The van der Waals surface area contributed by atoms with Crippen molar-refractivity contribution in [3.8, 4) is 6.07 Å². The Balaban J connectivity index is 2.09.